The minimum atomic E-state index is -4.33. The summed E-state index contributed by atoms with van der Waals surface area (Å²) in [4.78, 5) is 11.6. The SMILES string of the molecule is O=C1CCNCC1Cc1cccc(C(F)(F)F)c1. The van der Waals surface area contributed by atoms with Crippen molar-refractivity contribution in [3.63, 3.8) is 0 Å². The molecule has 0 aliphatic carbocycles. The number of rotatable bonds is 2. The number of alkyl halides is 3. The summed E-state index contributed by atoms with van der Waals surface area (Å²) in [5.41, 5.74) is -0.0944. The van der Waals surface area contributed by atoms with Gasteiger partial charge in [0.2, 0.25) is 0 Å². The molecule has 0 radical (unpaired) electrons. The molecule has 1 heterocycles. The van der Waals surface area contributed by atoms with Gasteiger partial charge in [-0.3, -0.25) is 4.79 Å². The monoisotopic (exact) mass is 257 g/mol. The molecule has 1 N–H and O–H groups in total. The van der Waals surface area contributed by atoms with Gasteiger partial charge in [-0.15, -0.1) is 0 Å². The minimum absolute atomic E-state index is 0.131. The number of nitrogens with one attached hydrogen (secondary N) is 1. The average molecular weight is 257 g/mol. The summed E-state index contributed by atoms with van der Waals surface area (Å²) in [7, 11) is 0. The topological polar surface area (TPSA) is 29.1 Å². The zero-order valence-electron chi connectivity index (χ0n) is 9.76. The first-order chi connectivity index (χ1) is 8.47. The lowest BCUT2D eigenvalue weighted by Crippen LogP contribution is -2.37. The smallest absolute Gasteiger partial charge is 0.316 e. The van der Waals surface area contributed by atoms with Gasteiger partial charge in [-0.2, -0.15) is 13.2 Å². The summed E-state index contributed by atoms with van der Waals surface area (Å²) in [5.74, 6) is -0.0756. The molecule has 0 amide bonds. The second kappa shape index (κ2) is 5.10. The van der Waals surface area contributed by atoms with Gasteiger partial charge in [-0.25, -0.2) is 0 Å². The maximum atomic E-state index is 12.5. The molecular formula is C13H14F3NO. The zero-order chi connectivity index (χ0) is 13.2. The summed E-state index contributed by atoms with van der Waals surface area (Å²) < 4.78 is 37.6. The third-order valence-corrected chi connectivity index (χ3v) is 3.13. The van der Waals surface area contributed by atoms with Crippen LogP contribution in [0.5, 0.6) is 0 Å². The number of carbonyl (C=O) groups is 1. The number of benzene rings is 1. The molecule has 1 unspecified atom stereocenters. The molecule has 1 fully saturated rings. The van der Waals surface area contributed by atoms with Gasteiger partial charge in [0.1, 0.15) is 5.78 Å². The Morgan fingerprint density at radius 3 is 2.78 bits per heavy atom. The van der Waals surface area contributed by atoms with Crippen LogP contribution in [0.3, 0.4) is 0 Å². The van der Waals surface area contributed by atoms with Crippen molar-refractivity contribution in [1.29, 1.82) is 0 Å². The fourth-order valence-corrected chi connectivity index (χ4v) is 2.15. The van der Waals surface area contributed by atoms with Crippen molar-refractivity contribution in [2.45, 2.75) is 19.0 Å². The molecule has 2 rings (SSSR count). The van der Waals surface area contributed by atoms with E-state index >= 15 is 0 Å². The molecule has 1 aliphatic heterocycles. The molecule has 1 aromatic rings. The molecule has 0 saturated carbocycles. The van der Waals surface area contributed by atoms with Crippen LogP contribution in [0.2, 0.25) is 0 Å². The Balaban J connectivity index is 2.12. The van der Waals surface area contributed by atoms with Gasteiger partial charge in [-0.1, -0.05) is 18.2 Å². The van der Waals surface area contributed by atoms with Crippen molar-refractivity contribution in [3.8, 4) is 0 Å². The first-order valence-electron chi connectivity index (χ1n) is 5.86. The highest BCUT2D eigenvalue weighted by molar-refractivity contribution is 5.82. The molecule has 18 heavy (non-hydrogen) atoms. The van der Waals surface area contributed by atoms with Crippen LogP contribution in [0.15, 0.2) is 24.3 Å². The number of halogens is 3. The maximum Gasteiger partial charge on any atom is 0.416 e. The molecule has 1 atom stereocenters. The summed E-state index contributed by atoms with van der Waals surface area (Å²) in [6.07, 6.45) is -3.50. The van der Waals surface area contributed by atoms with Crippen molar-refractivity contribution >= 4 is 5.78 Å². The average Bonchev–Trinajstić information content (AvgIpc) is 2.31. The molecule has 0 aromatic heterocycles. The van der Waals surface area contributed by atoms with Gasteiger partial charge < -0.3 is 5.32 Å². The number of carbonyl (C=O) groups excluding carboxylic acids is 1. The van der Waals surface area contributed by atoms with E-state index in [0.29, 0.717) is 31.5 Å². The minimum Gasteiger partial charge on any atom is -0.316 e. The highest BCUT2D eigenvalue weighted by Crippen LogP contribution is 2.30. The highest BCUT2D eigenvalue weighted by atomic mass is 19.4. The van der Waals surface area contributed by atoms with Gasteiger partial charge in [0.15, 0.2) is 0 Å². The first-order valence-corrected chi connectivity index (χ1v) is 5.86. The van der Waals surface area contributed by atoms with Crippen LogP contribution < -0.4 is 5.32 Å². The van der Waals surface area contributed by atoms with Crippen molar-refractivity contribution in [2.24, 2.45) is 5.92 Å². The predicted octanol–water partition coefficient (Wildman–Crippen LogP) is 2.43. The maximum absolute atomic E-state index is 12.5. The van der Waals surface area contributed by atoms with E-state index < -0.39 is 11.7 Å². The number of ketones is 1. The van der Waals surface area contributed by atoms with E-state index in [4.69, 9.17) is 0 Å². The lowest BCUT2D eigenvalue weighted by atomic mass is 9.90. The molecule has 2 nitrogen and oxygen atoms in total. The van der Waals surface area contributed by atoms with Crippen molar-refractivity contribution < 1.29 is 18.0 Å². The zero-order valence-corrected chi connectivity index (χ0v) is 9.76. The lowest BCUT2D eigenvalue weighted by Gasteiger charge is -2.21. The summed E-state index contributed by atoms with van der Waals surface area (Å²) in [6.45, 7) is 1.22. The second-order valence-corrected chi connectivity index (χ2v) is 4.52. The number of hydrogen-bond acceptors (Lipinski definition) is 2. The van der Waals surface area contributed by atoms with E-state index in [9.17, 15) is 18.0 Å². The number of Topliss-reactive ketones (excluding diaryl/α,β-unsaturated/α-hetero) is 1. The molecule has 1 aliphatic rings. The molecule has 1 aromatic carbocycles. The van der Waals surface area contributed by atoms with Crippen LogP contribution in [-0.2, 0) is 17.4 Å². The van der Waals surface area contributed by atoms with Crippen LogP contribution in [0, 0.1) is 5.92 Å². The van der Waals surface area contributed by atoms with Gasteiger partial charge in [0.25, 0.3) is 0 Å². The van der Waals surface area contributed by atoms with Gasteiger partial charge in [-0.05, 0) is 18.1 Å². The Morgan fingerprint density at radius 2 is 2.11 bits per heavy atom. The van der Waals surface area contributed by atoms with E-state index in [-0.39, 0.29) is 11.7 Å². The summed E-state index contributed by atoms with van der Waals surface area (Å²) in [5, 5.41) is 3.09. The molecule has 98 valence electrons. The molecule has 0 bridgehead atoms. The van der Waals surface area contributed by atoms with Crippen LogP contribution in [0.1, 0.15) is 17.5 Å². The Bertz CT molecular complexity index is 442. The van der Waals surface area contributed by atoms with E-state index in [1.807, 2.05) is 0 Å². The number of hydrogen-bond donors (Lipinski definition) is 1. The van der Waals surface area contributed by atoms with E-state index in [1.165, 1.54) is 6.07 Å². The normalized spacial score (nSPS) is 21.1. The van der Waals surface area contributed by atoms with Crippen molar-refractivity contribution in [1.82, 2.24) is 5.32 Å². The van der Waals surface area contributed by atoms with Crippen LogP contribution in [0.25, 0.3) is 0 Å². The molecular weight excluding hydrogens is 243 g/mol. The first kappa shape index (κ1) is 13.1. The Kier molecular flexibility index (Phi) is 3.71. The van der Waals surface area contributed by atoms with Crippen LogP contribution in [0.4, 0.5) is 13.2 Å². The standard InChI is InChI=1S/C13H14F3NO/c14-13(15,16)11-3-1-2-9(7-11)6-10-8-17-5-4-12(10)18/h1-3,7,10,17H,4-6,8H2. The second-order valence-electron chi connectivity index (χ2n) is 4.52. The third-order valence-electron chi connectivity index (χ3n) is 3.13. The highest BCUT2D eigenvalue weighted by Gasteiger charge is 2.31. The predicted molar refractivity (Wildman–Crippen MR) is 61.1 cm³/mol. The van der Waals surface area contributed by atoms with Gasteiger partial charge >= 0.3 is 6.18 Å². The van der Waals surface area contributed by atoms with Crippen LogP contribution in [-0.4, -0.2) is 18.9 Å². The fourth-order valence-electron chi connectivity index (χ4n) is 2.15. The Labute approximate surface area is 103 Å². The number of piperidine rings is 1. The third kappa shape index (κ3) is 3.10. The van der Waals surface area contributed by atoms with Crippen LogP contribution >= 0.6 is 0 Å². The van der Waals surface area contributed by atoms with E-state index in [1.54, 1.807) is 6.07 Å². The quantitative estimate of drug-likeness (QED) is 0.881. The summed E-state index contributed by atoms with van der Waals surface area (Å²) >= 11 is 0. The molecule has 1 saturated heterocycles. The van der Waals surface area contributed by atoms with E-state index in [2.05, 4.69) is 5.32 Å². The lowest BCUT2D eigenvalue weighted by molar-refractivity contribution is -0.137. The van der Waals surface area contributed by atoms with Gasteiger partial charge in [0.05, 0.1) is 5.56 Å². The van der Waals surface area contributed by atoms with E-state index in [0.717, 1.165) is 12.1 Å². The Morgan fingerprint density at radius 1 is 1.33 bits per heavy atom. The molecule has 5 heteroatoms. The largest absolute Gasteiger partial charge is 0.416 e. The Hall–Kier alpha value is -1.36. The summed E-state index contributed by atoms with van der Waals surface area (Å²) in [6, 6.07) is 5.20. The fraction of sp³-hybridized carbons (Fsp3) is 0.462. The molecule has 0 spiro atoms. The van der Waals surface area contributed by atoms with Crippen molar-refractivity contribution in [3.05, 3.63) is 35.4 Å². The van der Waals surface area contributed by atoms with Gasteiger partial charge in [0, 0.05) is 25.4 Å². The van der Waals surface area contributed by atoms with Crippen molar-refractivity contribution in [2.75, 3.05) is 13.1 Å².